The number of likely N-dealkylation sites (N-methyl/N-ethyl adjacent to an activating group) is 1. The lowest BCUT2D eigenvalue weighted by atomic mass is 9.99. The van der Waals surface area contributed by atoms with E-state index in [-0.39, 0.29) is 33.5 Å². The van der Waals surface area contributed by atoms with Crippen molar-refractivity contribution >= 4 is 106 Å². The fraction of sp³-hybridized carbons (Fsp3) is 0.426. The monoisotopic (exact) mass is 1340 g/mol. The minimum Gasteiger partial charge on any atom is -0.384 e. The van der Waals surface area contributed by atoms with E-state index < -0.39 is 11.2 Å². The van der Waals surface area contributed by atoms with E-state index in [4.69, 9.17) is 16.6 Å². The van der Waals surface area contributed by atoms with Crippen LogP contribution in [0.1, 0.15) is 95.5 Å². The Morgan fingerprint density at radius 2 is 1.09 bits per heavy atom. The molecule has 2 aliphatic heterocycles. The molecule has 8 aromatic rings. The van der Waals surface area contributed by atoms with Gasteiger partial charge in [-0.05, 0) is 143 Å². The lowest BCUT2D eigenvalue weighted by Gasteiger charge is -2.29. The van der Waals surface area contributed by atoms with Crippen molar-refractivity contribution in [2.45, 2.75) is 112 Å². The first-order valence-electron chi connectivity index (χ1n) is 28.6. The highest BCUT2D eigenvalue weighted by Gasteiger charge is 2.25. The Kier molecular flexibility index (Phi) is 24.6. The molecule has 0 bridgehead atoms. The van der Waals surface area contributed by atoms with Crippen LogP contribution in [0.2, 0.25) is 0 Å². The number of hydrogen-bond donors (Lipinski definition) is 5. The quantitative estimate of drug-likeness (QED) is 0.0509. The van der Waals surface area contributed by atoms with Gasteiger partial charge in [-0.2, -0.15) is 9.97 Å². The zero-order valence-corrected chi connectivity index (χ0v) is 55.4. The molecule has 8 heterocycles. The molecule has 0 spiro atoms. The molecule has 2 aliphatic rings. The Balaban J connectivity index is 0.000000227. The van der Waals surface area contributed by atoms with Crippen molar-refractivity contribution in [1.82, 2.24) is 68.6 Å². The second-order valence-corrected chi connectivity index (χ2v) is 23.5. The molecular formula is C61H79Br2ClN16O7. The molecular weight excluding hydrogens is 1260 g/mol. The summed E-state index contributed by atoms with van der Waals surface area (Å²) in [6.07, 6.45) is 6.23. The highest BCUT2D eigenvalue weighted by atomic mass is 79.9. The first-order valence-corrected chi connectivity index (χ1v) is 31.2. The molecule has 0 saturated heterocycles. The highest BCUT2D eigenvalue weighted by molar-refractivity contribution is 9.09. The van der Waals surface area contributed by atoms with Gasteiger partial charge in [0.1, 0.15) is 22.0 Å². The summed E-state index contributed by atoms with van der Waals surface area (Å²) < 4.78 is 6.50. The third-order valence-electron chi connectivity index (χ3n) is 13.6. The molecule has 10 rings (SSSR count). The van der Waals surface area contributed by atoms with Gasteiger partial charge in [0.2, 0.25) is 29.0 Å². The number of alkyl halides is 2. The van der Waals surface area contributed by atoms with Crippen molar-refractivity contribution in [3.63, 3.8) is 0 Å². The summed E-state index contributed by atoms with van der Waals surface area (Å²) in [5.41, 5.74) is 5.96. The van der Waals surface area contributed by atoms with Crippen molar-refractivity contribution in [1.29, 1.82) is 0 Å². The first-order chi connectivity index (χ1) is 41.3. The number of nitrogens with zero attached hydrogens (tertiary/aromatic N) is 13. The van der Waals surface area contributed by atoms with Gasteiger partial charge in [-0.3, -0.25) is 28.9 Å². The maximum atomic E-state index is 13.1. The lowest BCUT2D eigenvalue weighted by Crippen LogP contribution is -2.39. The van der Waals surface area contributed by atoms with Crippen LogP contribution in [0, 0.1) is 0 Å². The average molecular weight is 1340 g/mol. The summed E-state index contributed by atoms with van der Waals surface area (Å²) in [6.45, 7) is 19.3. The van der Waals surface area contributed by atoms with Gasteiger partial charge < -0.3 is 36.0 Å². The number of carbonyl (C=O) groups is 3. The zero-order chi connectivity index (χ0) is 63.9. The van der Waals surface area contributed by atoms with Gasteiger partial charge in [0.15, 0.2) is 22.9 Å². The molecule has 6 aromatic heterocycles. The number of aromatic nitrogens is 10. The zero-order valence-electron chi connectivity index (χ0n) is 51.5. The molecule has 0 aliphatic carbocycles. The number of rotatable bonds is 14. The third kappa shape index (κ3) is 17.9. The Hall–Kier alpha value is -7.26. The molecule has 2 aromatic carbocycles. The summed E-state index contributed by atoms with van der Waals surface area (Å²) in [5.74, 6) is 1.91. The fourth-order valence-corrected chi connectivity index (χ4v) is 9.58. The summed E-state index contributed by atoms with van der Waals surface area (Å²) in [5, 5.41) is 31.9. The Morgan fingerprint density at radius 1 is 0.644 bits per heavy atom. The minimum absolute atomic E-state index is 0.0853. The van der Waals surface area contributed by atoms with Crippen LogP contribution in [0.5, 0.6) is 0 Å². The molecule has 26 heteroatoms. The normalized spacial score (nSPS) is 12.8. The number of anilines is 4. The standard InChI is InChI=1S/C28H34N8O3.C24H27N7O2.C4H8BrNO.C3H8.C2H2BrClO/c1-6-35-26(38)21-15-29-27(32-25(21)36(35)23-9-7-8-22(31-23)28(2,3)39)30-20-11-10-18-12-13-34(16-19(18)14-20)17-24(37)33(4)5;1-4-30-22(32)18-14-26-23(27-17-9-8-15-10-11-25-13-16(15)12-17)29-21(18)31(30)20-7-5-6-19(28-20)24(2,3)33;1-6(2)4(7)3-5;1-3-2;3-1-2(4)5/h7-11,14-15,39H,6,12-13,16-17H2,1-5H3,(H,29,30,32);5-9,12,14,25,33H,4,10-11,13H2,1-3H3,(H,26,27,29);3H2,1-2H3;3H2,1-2H3;1H2. The summed E-state index contributed by atoms with van der Waals surface area (Å²) in [6, 6.07) is 23.1. The van der Waals surface area contributed by atoms with Gasteiger partial charge >= 0.3 is 0 Å². The summed E-state index contributed by atoms with van der Waals surface area (Å²) >= 11 is 10.6. The number of amides is 2. The Labute approximate surface area is 528 Å². The fourth-order valence-electron chi connectivity index (χ4n) is 9.07. The second kappa shape index (κ2) is 31.1. The number of pyridine rings is 2. The minimum atomic E-state index is -1.14. The highest BCUT2D eigenvalue weighted by Crippen LogP contribution is 2.27. The maximum absolute atomic E-state index is 13.1. The van der Waals surface area contributed by atoms with Crippen LogP contribution < -0.4 is 27.1 Å². The van der Waals surface area contributed by atoms with E-state index in [9.17, 15) is 34.2 Å². The molecule has 2 amide bonds. The van der Waals surface area contributed by atoms with E-state index >= 15 is 0 Å². The SMILES string of the molecule is CCC.CCn1c(=O)c2cnc(Nc3ccc4c(c3)CN(CC(=O)N(C)C)CC4)nc2n1-c1cccc(C(C)(C)O)n1.CCn1c(=O)c2cnc(Nc3ccc4c(c3)CNCC4)nc2n1-c1cccc(C(C)(C)O)n1.CN(C)C(=O)CBr.O=C(Cl)CBr. The van der Waals surface area contributed by atoms with E-state index in [1.807, 2.05) is 32.0 Å². The van der Waals surface area contributed by atoms with Crippen molar-refractivity contribution in [2.24, 2.45) is 0 Å². The number of fused-ring (bicyclic) bond motifs is 4. The third-order valence-corrected chi connectivity index (χ3v) is 15.0. The van der Waals surface area contributed by atoms with Crippen LogP contribution in [0.25, 0.3) is 33.7 Å². The Morgan fingerprint density at radius 3 is 1.49 bits per heavy atom. The van der Waals surface area contributed by atoms with Crippen LogP contribution in [-0.2, 0) is 64.6 Å². The van der Waals surface area contributed by atoms with Crippen molar-refractivity contribution in [2.75, 3.05) is 69.1 Å². The van der Waals surface area contributed by atoms with E-state index in [1.165, 1.54) is 34.2 Å². The van der Waals surface area contributed by atoms with Crippen LogP contribution in [-0.4, -0.2) is 149 Å². The number of carbonyl (C=O) groups excluding carboxylic acids is 3. The first kappa shape index (κ1) is 68.8. The molecule has 23 nitrogen and oxygen atoms in total. The Bertz CT molecular complexity index is 3810. The lowest BCUT2D eigenvalue weighted by molar-refractivity contribution is -0.130. The summed E-state index contributed by atoms with van der Waals surface area (Å²) in [7, 11) is 6.99. The number of aliphatic hydroxyl groups is 2. The molecule has 87 heavy (non-hydrogen) atoms. The van der Waals surface area contributed by atoms with Gasteiger partial charge in [-0.1, -0.05) is 76.4 Å². The second-order valence-electron chi connectivity index (χ2n) is 21.9. The predicted octanol–water partition coefficient (Wildman–Crippen LogP) is 8.06. The van der Waals surface area contributed by atoms with Crippen LogP contribution in [0.15, 0.2) is 94.8 Å². The number of benzene rings is 2. The maximum Gasteiger partial charge on any atom is 0.278 e. The van der Waals surface area contributed by atoms with Gasteiger partial charge in [0.05, 0.1) is 28.6 Å². The molecule has 0 unspecified atom stereocenters. The largest absolute Gasteiger partial charge is 0.384 e. The molecule has 5 N–H and O–H groups in total. The van der Waals surface area contributed by atoms with E-state index in [0.29, 0.717) is 88.5 Å². The summed E-state index contributed by atoms with van der Waals surface area (Å²) in [4.78, 5) is 91.0. The predicted molar refractivity (Wildman–Crippen MR) is 349 cm³/mol. The molecule has 0 fully saturated rings. The van der Waals surface area contributed by atoms with Crippen molar-refractivity contribution < 1.29 is 24.6 Å². The molecule has 0 radical (unpaired) electrons. The molecule has 0 saturated carbocycles. The van der Waals surface area contributed by atoms with E-state index in [0.717, 1.165) is 49.4 Å². The smallest absolute Gasteiger partial charge is 0.278 e. The van der Waals surface area contributed by atoms with Crippen LogP contribution in [0.3, 0.4) is 0 Å². The number of hydrogen-bond acceptors (Lipinski definition) is 17. The van der Waals surface area contributed by atoms with Gasteiger partial charge in [-0.15, -0.1) is 0 Å². The van der Waals surface area contributed by atoms with Crippen molar-refractivity contribution in [3.05, 3.63) is 140 Å². The van der Waals surface area contributed by atoms with Crippen LogP contribution >= 0.6 is 43.5 Å². The molecule has 466 valence electrons. The molecule has 0 atom stereocenters. The van der Waals surface area contributed by atoms with E-state index in [2.05, 4.69) is 116 Å². The van der Waals surface area contributed by atoms with Gasteiger partial charge in [-0.25, -0.2) is 38.7 Å². The van der Waals surface area contributed by atoms with Gasteiger partial charge in [0, 0.05) is 84.7 Å². The van der Waals surface area contributed by atoms with Crippen molar-refractivity contribution in [3.8, 4) is 11.6 Å². The number of halogens is 3. The van der Waals surface area contributed by atoms with Gasteiger partial charge in [0.25, 0.3) is 11.1 Å². The number of nitrogens with one attached hydrogen (secondary N) is 3. The van der Waals surface area contributed by atoms with E-state index in [1.54, 1.807) is 116 Å². The van der Waals surface area contributed by atoms with Crippen LogP contribution in [0.4, 0.5) is 23.3 Å². The topological polar surface area (TPSA) is 269 Å². The average Bonchev–Trinajstić information content (AvgIpc) is 1.80.